The Morgan fingerprint density at radius 2 is 2.06 bits per heavy atom. The first-order valence-corrected chi connectivity index (χ1v) is 6.90. The summed E-state index contributed by atoms with van der Waals surface area (Å²) in [6.07, 6.45) is 5.78. The van der Waals surface area contributed by atoms with Crippen molar-refractivity contribution in [1.29, 1.82) is 0 Å². The van der Waals surface area contributed by atoms with Crippen molar-refractivity contribution in [2.75, 3.05) is 26.2 Å². The van der Waals surface area contributed by atoms with E-state index in [2.05, 4.69) is 17.1 Å². The summed E-state index contributed by atoms with van der Waals surface area (Å²) in [5.41, 5.74) is 0. The zero-order chi connectivity index (χ0) is 12.5. The largest absolute Gasteiger partial charge is 0.481 e. The van der Waals surface area contributed by atoms with Gasteiger partial charge in [-0.3, -0.25) is 4.79 Å². The molecule has 1 saturated heterocycles. The highest BCUT2D eigenvalue weighted by Gasteiger charge is 2.17. The van der Waals surface area contributed by atoms with Crippen LogP contribution in [0.25, 0.3) is 0 Å². The van der Waals surface area contributed by atoms with Gasteiger partial charge in [0.2, 0.25) is 0 Å². The van der Waals surface area contributed by atoms with E-state index in [0.29, 0.717) is 12.5 Å². The number of hydrogen-bond donors (Lipinski definition) is 2. The Labute approximate surface area is 104 Å². The molecule has 1 fully saturated rings. The molecule has 0 spiro atoms. The van der Waals surface area contributed by atoms with E-state index in [1.54, 1.807) is 0 Å². The quantitative estimate of drug-likeness (QED) is 0.636. The Kier molecular flexibility index (Phi) is 7.21. The summed E-state index contributed by atoms with van der Waals surface area (Å²) in [7, 11) is 0. The van der Waals surface area contributed by atoms with E-state index in [1.807, 2.05) is 0 Å². The van der Waals surface area contributed by atoms with Gasteiger partial charge in [-0.1, -0.05) is 6.92 Å². The molecule has 1 rings (SSSR count). The van der Waals surface area contributed by atoms with Crippen molar-refractivity contribution in [2.45, 2.75) is 51.5 Å². The maximum Gasteiger partial charge on any atom is 0.303 e. The first-order valence-electron chi connectivity index (χ1n) is 6.90. The molecule has 1 heterocycles. The lowest BCUT2D eigenvalue weighted by Crippen LogP contribution is -2.42. The summed E-state index contributed by atoms with van der Waals surface area (Å²) in [6.45, 7) is 6.84. The highest BCUT2D eigenvalue weighted by molar-refractivity contribution is 5.66. The fourth-order valence-electron chi connectivity index (χ4n) is 2.38. The number of rotatable bonds is 8. The lowest BCUT2D eigenvalue weighted by Gasteiger charge is -2.32. The minimum atomic E-state index is -0.683. The first kappa shape index (κ1) is 14.5. The fraction of sp³-hybridized carbons (Fsp3) is 0.923. The molecule has 0 aromatic heterocycles. The summed E-state index contributed by atoms with van der Waals surface area (Å²) < 4.78 is 0. The number of unbranched alkanes of at least 4 members (excludes halogenated alkanes) is 1. The highest BCUT2D eigenvalue weighted by Crippen LogP contribution is 2.10. The highest BCUT2D eigenvalue weighted by atomic mass is 16.4. The lowest BCUT2D eigenvalue weighted by molar-refractivity contribution is -0.137. The van der Waals surface area contributed by atoms with Gasteiger partial charge in [0.15, 0.2) is 0 Å². The zero-order valence-electron chi connectivity index (χ0n) is 11.0. The monoisotopic (exact) mass is 242 g/mol. The van der Waals surface area contributed by atoms with Gasteiger partial charge in [0.05, 0.1) is 0 Å². The van der Waals surface area contributed by atoms with Gasteiger partial charge in [-0.05, 0) is 58.3 Å². The summed E-state index contributed by atoms with van der Waals surface area (Å²) >= 11 is 0. The van der Waals surface area contributed by atoms with Crippen molar-refractivity contribution in [1.82, 2.24) is 10.2 Å². The average Bonchev–Trinajstić information content (AvgIpc) is 2.31. The molecular formula is C13H26N2O2. The molecule has 0 saturated carbocycles. The molecule has 0 unspecified atom stereocenters. The van der Waals surface area contributed by atoms with Crippen LogP contribution < -0.4 is 5.32 Å². The first-order chi connectivity index (χ1) is 8.22. The maximum atomic E-state index is 10.3. The second-order valence-corrected chi connectivity index (χ2v) is 4.92. The summed E-state index contributed by atoms with van der Waals surface area (Å²) in [5, 5.41) is 12.1. The van der Waals surface area contributed by atoms with E-state index in [9.17, 15) is 4.79 Å². The predicted molar refractivity (Wildman–Crippen MR) is 69.2 cm³/mol. The molecule has 0 aromatic carbocycles. The van der Waals surface area contributed by atoms with Crippen molar-refractivity contribution in [3.63, 3.8) is 0 Å². The molecule has 2 N–H and O–H groups in total. The molecular weight excluding hydrogens is 216 g/mol. The maximum absolute atomic E-state index is 10.3. The van der Waals surface area contributed by atoms with Crippen LogP contribution in [0, 0.1) is 0 Å². The van der Waals surface area contributed by atoms with E-state index in [-0.39, 0.29) is 0 Å². The van der Waals surface area contributed by atoms with Crippen LogP contribution in [-0.4, -0.2) is 48.2 Å². The van der Waals surface area contributed by atoms with E-state index in [0.717, 1.165) is 19.4 Å². The zero-order valence-corrected chi connectivity index (χ0v) is 11.0. The Morgan fingerprint density at radius 1 is 1.35 bits per heavy atom. The molecule has 1 aliphatic heterocycles. The van der Waals surface area contributed by atoms with Crippen molar-refractivity contribution in [2.24, 2.45) is 0 Å². The number of carboxylic acid groups (broad SMARTS) is 1. The molecule has 100 valence electrons. The van der Waals surface area contributed by atoms with Gasteiger partial charge in [0.25, 0.3) is 0 Å². The van der Waals surface area contributed by atoms with Crippen molar-refractivity contribution in [3.05, 3.63) is 0 Å². The van der Waals surface area contributed by atoms with Crippen molar-refractivity contribution >= 4 is 5.97 Å². The number of piperidine rings is 1. The minimum absolute atomic E-state index is 0.302. The molecule has 4 nitrogen and oxygen atoms in total. The van der Waals surface area contributed by atoms with Gasteiger partial charge in [0.1, 0.15) is 0 Å². The normalized spacial score (nSPS) is 18.4. The third-order valence-corrected chi connectivity index (χ3v) is 3.38. The number of nitrogens with zero attached hydrogens (tertiary/aromatic N) is 1. The van der Waals surface area contributed by atoms with Gasteiger partial charge >= 0.3 is 5.97 Å². The number of hydrogen-bond acceptors (Lipinski definition) is 3. The van der Waals surface area contributed by atoms with E-state index >= 15 is 0 Å². The molecule has 4 heteroatoms. The van der Waals surface area contributed by atoms with Gasteiger partial charge in [-0.25, -0.2) is 0 Å². The molecule has 0 bridgehead atoms. The summed E-state index contributed by atoms with van der Waals surface area (Å²) in [5.74, 6) is -0.683. The minimum Gasteiger partial charge on any atom is -0.481 e. The molecule has 0 aromatic rings. The Hall–Kier alpha value is -0.610. The van der Waals surface area contributed by atoms with Crippen molar-refractivity contribution in [3.8, 4) is 0 Å². The van der Waals surface area contributed by atoms with Crippen LogP contribution in [0.3, 0.4) is 0 Å². The van der Waals surface area contributed by atoms with Gasteiger partial charge < -0.3 is 15.3 Å². The summed E-state index contributed by atoms with van der Waals surface area (Å²) in [4.78, 5) is 12.9. The van der Waals surface area contributed by atoms with Crippen LogP contribution in [0.2, 0.25) is 0 Å². The van der Waals surface area contributed by atoms with E-state index < -0.39 is 5.97 Å². The number of aliphatic carboxylic acids is 1. The SMILES string of the molecule is CCCN1CCC(NCCCCC(=O)O)CC1. The summed E-state index contributed by atoms with van der Waals surface area (Å²) in [6, 6.07) is 0.646. The molecule has 1 aliphatic rings. The number of nitrogens with one attached hydrogen (secondary N) is 1. The number of carbonyl (C=O) groups is 1. The third-order valence-electron chi connectivity index (χ3n) is 3.38. The van der Waals surface area contributed by atoms with Gasteiger partial charge in [-0.15, -0.1) is 0 Å². The second kappa shape index (κ2) is 8.48. The Bertz CT molecular complexity index is 213. The molecule has 17 heavy (non-hydrogen) atoms. The molecule has 0 atom stereocenters. The predicted octanol–water partition coefficient (Wildman–Crippen LogP) is 1.71. The topological polar surface area (TPSA) is 52.6 Å². The standard InChI is InChI=1S/C13H26N2O2/c1-2-9-15-10-6-12(7-11-15)14-8-4-3-5-13(16)17/h12,14H,2-11H2,1H3,(H,16,17). The van der Waals surface area contributed by atoms with Gasteiger partial charge in [0, 0.05) is 12.5 Å². The van der Waals surface area contributed by atoms with Crippen LogP contribution in [0.4, 0.5) is 0 Å². The van der Waals surface area contributed by atoms with Crippen LogP contribution in [0.15, 0.2) is 0 Å². The van der Waals surface area contributed by atoms with Crippen LogP contribution in [-0.2, 0) is 4.79 Å². The Balaban J connectivity index is 1.97. The van der Waals surface area contributed by atoms with E-state index in [1.165, 1.54) is 38.9 Å². The number of likely N-dealkylation sites (tertiary alicyclic amines) is 1. The van der Waals surface area contributed by atoms with E-state index in [4.69, 9.17) is 5.11 Å². The van der Waals surface area contributed by atoms with Crippen LogP contribution in [0.1, 0.15) is 45.4 Å². The average molecular weight is 242 g/mol. The van der Waals surface area contributed by atoms with Gasteiger partial charge in [-0.2, -0.15) is 0 Å². The van der Waals surface area contributed by atoms with Crippen LogP contribution in [0.5, 0.6) is 0 Å². The Morgan fingerprint density at radius 3 is 2.65 bits per heavy atom. The third kappa shape index (κ3) is 6.64. The second-order valence-electron chi connectivity index (χ2n) is 4.92. The fourth-order valence-corrected chi connectivity index (χ4v) is 2.38. The smallest absolute Gasteiger partial charge is 0.303 e. The lowest BCUT2D eigenvalue weighted by atomic mass is 10.0. The van der Waals surface area contributed by atoms with Crippen molar-refractivity contribution < 1.29 is 9.90 Å². The van der Waals surface area contributed by atoms with Crippen LogP contribution >= 0.6 is 0 Å². The molecule has 0 aliphatic carbocycles. The molecule has 0 radical (unpaired) electrons. The molecule has 0 amide bonds. The number of carboxylic acids is 1.